The molecule has 0 bridgehead atoms. The summed E-state index contributed by atoms with van der Waals surface area (Å²) < 4.78 is 37.6. The Morgan fingerprint density at radius 3 is 2.62 bits per heavy atom. The van der Waals surface area contributed by atoms with E-state index in [-0.39, 0.29) is 17.0 Å². The van der Waals surface area contributed by atoms with Gasteiger partial charge in [0, 0.05) is 23.4 Å². The first-order chi connectivity index (χ1) is 12.6. The van der Waals surface area contributed by atoms with Crippen molar-refractivity contribution in [1.82, 2.24) is 15.1 Å². The number of halogens is 2. The van der Waals surface area contributed by atoms with Crippen LogP contribution < -0.4 is 10.1 Å². The second-order valence-electron chi connectivity index (χ2n) is 5.45. The molecule has 0 radical (unpaired) electrons. The topological polar surface area (TPSA) is 73.1 Å². The van der Waals surface area contributed by atoms with Crippen molar-refractivity contribution in [3.8, 4) is 17.0 Å². The molecule has 0 spiro atoms. The lowest BCUT2D eigenvalue weighted by Gasteiger charge is -2.08. The Bertz CT molecular complexity index is 1080. The molecule has 1 N–H and O–H groups in total. The third-order valence-electron chi connectivity index (χ3n) is 3.74. The second-order valence-corrected chi connectivity index (χ2v) is 5.45. The van der Waals surface area contributed by atoms with E-state index in [4.69, 9.17) is 9.26 Å². The van der Waals surface area contributed by atoms with E-state index in [2.05, 4.69) is 20.4 Å². The lowest BCUT2D eigenvalue weighted by molar-refractivity contribution is 0.415. The van der Waals surface area contributed by atoms with Crippen molar-refractivity contribution in [2.75, 3.05) is 12.4 Å². The van der Waals surface area contributed by atoms with Gasteiger partial charge in [-0.15, -0.1) is 0 Å². The molecule has 2 aromatic heterocycles. The van der Waals surface area contributed by atoms with Crippen LogP contribution in [0.15, 0.2) is 53.3 Å². The van der Waals surface area contributed by atoms with Crippen molar-refractivity contribution in [3.63, 3.8) is 0 Å². The van der Waals surface area contributed by atoms with E-state index in [1.807, 2.05) is 12.1 Å². The molecule has 0 aliphatic heterocycles. The highest BCUT2D eigenvalue weighted by Gasteiger charge is 2.18. The molecule has 4 rings (SSSR count). The average Bonchev–Trinajstić information content (AvgIpc) is 3.06. The summed E-state index contributed by atoms with van der Waals surface area (Å²) in [5.41, 5.74) is 1.38. The van der Waals surface area contributed by atoms with Crippen LogP contribution in [0.4, 0.5) is 20.3 Å². The number of rotatable bonds is 4. The minimum absolute atomic E-state index is 0.199. The van der Waals surface area contributed by atoms with Crippen molar-refractivity contribution in [2.24, 2.45) is 0 Å². The fourth-order valence-corrected chi connectivity index (χ4v) is 2.61. The molecule has 26 heavy (non-hydrogen) atoms. The van der Waals surface area contributed by atoms with Gasteiger partial charge in [-0.2, -0.15) is 4.98 Å². The van der Waals surface area contributed by atoms with E-state index in [1.165, 1.54) is 18.5 Å². The Balaban J connectivity index is 1.84. The molecular weight excluding hydrogens is 342 g/mol. The molecule has 130 valence electrons. The Kier molecular flexibility index (Phi) is 3.92. The first-order valence-corrected chi connectivity index (χ1v) is 7.62. The number of aromatic nitrogens is 3. The number of hydrogen-bond donors (Lipinski definition) is 1. The summed E-state index contributed by atoms with van der Waals surface area (Å²) in [5, 5.41) is 7.45. The molecule has 0 saturated carbocycles. The summed E-state index contributed by atoms with van der Waals surface area (Å²) in [5.74, 6) is -0.368. The van der Waals surface area contributed by atoms with Crippen LogP contribution >= 0.6 is 0 Å². The Hall–Kier alpha value is -3.55. The number of methoxy groups -OCH3 is 1. The SMILES string of the molecule is COc1cccc(Nc2ncnc3onc(-c4cc(F)cc(F)c4)c23)c1. The van der Waals surface area contributed by atoms with Crippen LogP contribution in [-0.4, -0.2) is 22.2 Å². The van der Waals surface area contributed by atoms with E-state index in [1.54, 1.807) is 19.2 Å². The van der Waals surface area contributed by atoms with Crippen molar-refractivity contribution in [3.05, 3.63) is 60.4 Å². The quantitative estimate of drug-likeness (QED) is 0.589. The number of nitrogens with one attached hydrogen (secondary N) is 1. The van der Waals surface area contributed by atoms with Crippen LogP contribution in [0.5, 0.6) is 5.75 Å². The molecule has 0 unspecified atom stereocenters. The number of benzene rings is 2. The summed E-state index contributed by atoms with van der Waals surface area (Å²) in [4.78, 5) is 8.23. The normalized spacial score (nSPS) is 10.9. The Labute approximate surface area is 146 Å². The number of nitrogens with zero attached hydrogens (tertiary/aromatic N) is 3. The highest BCUT2D eigenvalue weighted by Crippen LogP contribution is 2.33. The van der Waals surface area contributed by atoms with E-state index in [0.29, 0.717) is 22.6 Å². The van der Waals surface area contributed by atoms with Crippen LogP contribution in [0.3, 0.4) is 0 Å². The Morgan fingerprint density at radius 2 is 1.85 bits per heavy atom. The summed E-state index contributed by atoms with van der Waals surface area (Å²) >= 11 is 0. The fraction of sp³-hybridized carbons (Fsp3) is 0.0556. The minimum atomic E-state index is -0.713. The van der Waals surface area contributed by atoms with Gasteiger partial charge in [0.25, 0.3) is 5.71 Å². The van der Waals surface area contributed by atoms with E-state index < -0.39 is 11.6 Å². The highest BCUT2D eigenvalue weighted by atomic mass is 19.1. The predicted octanol–water partition coefficient (Wildman–Crippen LogP) is 4.32. The molecule has 0 amide bonds. The maximum Gasteiger partial charge on any atom is 0.263 e. The lowest BCUT2D eigenvalue weighted by Crippen LogP contribution is -1.96. The van der Waals surface area contributed by atoms with Crippen LogP contribution in [0.2, 0.25) is 0 Å². The number of fused-ring (bicyclic) bond motifs is 1. The predicted molar refractivity (Wildman–Crippen MR) is 91.2 cm³/mol. The molecule has 0 saturated heterocycles. The van der Waals surface area contributed by atoms with E-state index >= 15 is 0 Å². The number of ether oxygens (including phenoxy) is 1. The number of anilines is 2. The van der Waals surface area contributed by atoms with Gasteiger partial charge in [0.15, 0.2) is 0 Å². The standard InChI is InChI=1S/C18H12F2N4O2/c1-25-14-4-2-3-13(8-14)23-17-15-16(24-26-18(15)22-9-21-17)10-5-11(19)7-12(20)6-10/h2-9H,1H3,(H,21,22,23). The molecule has 8 heteroatoms. The van der Waals surface area contributed by atoms with Gasteiger partial charge in [0.1, 0.15) is 40.6 Å². The lowest BCUT2D eigenvalue weighted by atomic mass is 10.1. The zero-order chi connectivity index (χ0) is 18.1. The van der Waals surface area contributed by atoms with Gasteiger partial charge >= 0.3 is 0 Å². The monoisotopic (exact) mass is 354 g/mol. The average molecular weight is 354 g/mol. The third kappa shape index (κ3) is 2.92. The molecule has 6 nitrogen and oxygen atoms in total. The molecule has 0 aliphatic carbocycles. The van der Waals surface area contributed by atoms with Gasteiger partial charge in [-0.25, -0.2) is 13.8 Å². The fourth-order valence-electron chi connectivity index (χ4n) is 2.61. The molecule has 4 aromatic rings. The third-order valence-corrected chi connectivity index (χ3v) is 3.74. The first kappa shape index (κ1) is 15.9. The number of hydrogen-bond acceptors (Lipinski definition) is 6. The largest absolute Gasteiger partial charge is 0.497 e. The van der Waals surface area contributed by atoms with E-state index in [0.717, 1.165) is 6.07 Å². The maximum atomic E-state index is 13.6. The Morgan fingerprint density at radius 1 is 1.04 bits per heavy atom. The van der Waals surface area contributed by atoms with Gasteiger partial charge in [-0.3, -0.25) is 0 Å². The van der Waals surface area contributed by atoms with Crippen molar-refractivity contribution in [1.29, 1.82) is 0 Å². The van der Waals surface area contributed by atoms with Crippen molar-refractivity contribution in [2.45, 2.75) is 0 Å². The smallest absolute Gasteiger partial charge is 0.263 e. The summed E-state index contributed by atoms with van der Waals surface area (Å²) in [7, 11) is 1.57. The van der Waals surface area contributed by atoms with Crippen molar-refractivity contribution >= 4 is 22.6 Å². The first-order valence-electron chi connectivity index (χ1n) is 7.62. The van der Waals surface area contributed by atoms with Crippen molar-refractivity contribution < 1.29 is 18.0 Å². The zero-order valence-electron chi connectivity index (χ0n) is 13.5. The molecule has 2 heterocycles. The summed E-state index contributed by atoms with van der Waals surface area (Å²) in [6.07, 6.45) is 1.31. The molecule has 0 fully saturated rings. The summed E-state index contributed by atoms with van der Waals surface area (Å²) in [6.45, 7) is 0. The van der Waals surface area contributed by atoms with Crippen LogP contribution in [0.25, 0.3) is 22.4 Å². The molecule has 0 aliphatic rings. The van der Waals surface area contributed by atoms with E-state index in [9.17, 15) is 8.78 Å². The highest BCUT2D eigenvalue weighted by molar-refractivity contribution is 5.98. The van der Waals surface area contributed by atoms with Gasteiger partial charge in [-0.05, 0) is 24.3 Å². The van der Waals surface area contributed by atoms with Crippen LogP contribution in [0.1, 0.15) is 0 Å². The van der Waals surface area contributed by atoms with Gasteiger partial charge in [0.2, 0.25) is 0 Å². The van der Waals surface area contributed by atoms with Crippen LogP contribution in [-0.2, 0) is 0 Å². The van der Waals surface area contributed by atoms with Gasteiger partial charge in [-0.1, -0.05) is 11.2 Å². The molecule has 0 atom stereocenters. The molecule has 2 aromatic carbocycles. The van der Waals surface area contributed by atoms with Gasteiger partial charge < -0.3 is 14.6 Å². The summed E-state index contributed by atoms with van der Waals surface area (Å²) in [6, 6.07) is 10.4. The molecular formula is C18H12F2N4O2. The second kappa shape index (κ2) is 6.40. The van der Waals surface area contributed by atoms with Crippen LogP contribution in [0, 0.1) is 11.6 Å². The zero-order valence-corrected chi connectivity index (χ0v) is 13.5. The minimum Gasteiger partial charge on any atom is -0.497 e. The maximum absolute atomic E-state index is 13.6. The van der Waals surface area contributed by atoms with Gasteiger partial charge in [0.05, 0.1) is 7.11 Å².